The maximum Gasteiger partial charge on any atom is 0.121 e. The van der Waals surface area contributed by atoms with E-state index in [4.69, 9.17) is 11.5 Å². The van der Waals surface area contributed by atoms with Crippen LogP contribution in [-0.4, -0.2) is 11.1 Å². The van der Waals surface area contributed by atoms with Crippen molar-refractivity contribution in [3.05, 3.63) is 28.2 Å². The van der Waals surface area contributed by atoms with Crippen molar-refractivity contribution in [3.8, 4) is 5.75 Å². The van der Waals surface area contributed by atoms with Gasteiger partial charge in [0.1, 0.15) is 5.75 Å². The smallest absolute Gasteiger partial charge is 0.121 e. The molecule has 4 heteroatoms. The molecule has 0 fully saturated rings. The number of benzene rings is 1. The first kappa shape index (κ1) is 11.5. The Balaban J connectivity index is 2.95. The van der Waals surface area contributed by atoms with Gasteiger partial charge in [-0.3, -0.25) is 0 Å². The van der Waals surface area contributed by atoms with Crippen LogP contribution in [0.1, 0.15) is 24.9 Å². The van der Waals surface area contributed by atoms with Crippen molar-refractivity contribution < 1.29 is 5.11 Å². The molecule has 0 heterocycles. The Bertz CT molecular complexity index is 317. The molecule has 3 nitrogen and oxygen atoms in total. The summed E-state index contributed by atoms with van der Waals surface area (Å²) in [6, 6.07) is 4.82. The molecule has 2 atom stereocenters. The first-order chi connectivity index (χ1) is 6.56. The molecule has 0 aromatic heterocycles. The molecule has 14 heavy (non-hydrogen) atoms. The number of phenolic OH excluding ortho intramolecular Hbond substituents is 1. The lowest BCUT2D eigenvalue weighted by molar-refractivity contribution is 0.446. The van der Waals surface area contributed by atoms with Gasteiger partial charge in [-0.15, -0.1) is 0 Å². The molecular weight excluding hydrogens is 244 g/mol. The Labute approximate surface area is 92.2 Å². The van der Waals surface area contributed by atoms with Crippen LogP contribution in [0, 0.1) is 0 Å². The first-order valence-corrected chi connectivity index (χ1v) is 5.35. The molecule has 0 radical (unpaired) electrons. The van der Waals surface area contributed by atoms with Crippen molar-refractivity contribution in [1.29, 1.82) is 0 Å². The summed E-state index contributed by atoms with van der Waals surface area (Å²) < 4.78 is 0.830. The van der Waals surface area contributed by atoms with Crippen LogP contribution in [0.2, 0.25) is 0 Å². The lowest BCUT2D eigenvalue weighted by Crippen LogP contribution is -2.33. The molecule has 1 aromatic carbocycles. The van der Waals surface area contributed by atoms with Crippen molar-refractivity contribution in [3.63, 3.8) is 0 Å². The van der Waals surface area contributed by atoms with Gasteiger partial charge in [0.2, 0.25) is 0 Å². The maximum absolute atomic E-state index is 9.64. The summed E-state index contributed by atoms with van der Waals surface area (Å²) in [6.07, 6.45) is 0.788. The van der Waals surface area contributed by atoms with Gasteiger partial charge in [0.15, 0.2) is 0 Å². The van der Waals surface area contributed by atoms with Gasteiger partial charge in [-0.25, -0.2) is 0 Å². The minimum Gasteiger partial charge on any atom is -0.508 e. The molecule has 78 valence electrons. The van der Waals surface area contributed by atoms with Gasteiger partial charge in [0.05, 0.1) is 0 Å². The Morgan fingerprint density at radius 3 is 2.57 bits per heavy atom. The highest BCUT2D eigenvalue weighted by molar-refractivity contribution is 9.10. The topological polar surface area (TPSA) is 72.3 Å². The molecule has 0 bridgehead atoms. The highest BCUT2D eigenvalue weighted by Gasteiger charge is 2.16. The minimum atomic E-state index is -0.312. The molecular formula is C10H15BrN2O. The number of nitrogens with two attached hydrogens (primary N) is 2. The molecule has 0 aliphatic carbocycles. The standard InChI is InChI=1S/C10H15BrN2O/c1-2-8(12)10(13)7-4-3-6(11)5-9(7)14/h3-5,8,10,14H,2,12-13H2,1H3. The van der Waals surface area contributed by atoms with Crippen molar-refractivity contribution in [2.45, 2.75) is 25.4 Å². The first-order valence-electron chi connectivity index (χ1n) is 4.55. The average Bonchev–Trinajstić information content (AvgIpc) is 2.15. The van der Waals surface area contributed by atoms with E-state index in [-0.39, 0.29) is 17.8 Å². The van der Waals surface area contributed by atoms with E-state index in [1.165, 1.54) is 0 Å². The molecule has 0 amide bonds. The van der Waals surface area contributed by atoms with E-state index in [9.17, 15) is 5.11 Å². The molecule has 1 rings (SSSR count). The molecule has 1 aromatic rings. The molecule has 0 aliphatic rings. The molecule has 5 N–H and O–H groups in total. The number of phenols is 1. The fourth-order valence-electron chi connectivity index (χ4n) is 1.28. The van der Waals surface area contributed by atoms with Crippen molar-refractivity contribution in [2.24, 2.45) is 11.5 Å². The molecule has 0 aliphatic heterocycles. The monoisotopic (exact) mass is 258 g/mol. The second-order valence-corrected chi connectivity index (χ2v) is 4.22. The number of aromatic hydroxyl groups is 1. The van der Waals surface area contributed by atoms with Gasteiger partial charge in [-0.05, 0) is 18.6 Å². The van der Waals surface area contributed by atoms with Gasteiger partial charge < -0.3 is 16.6 Å². The molecule has 0 saturated heterocycles. The predicted molar refractivity (Wildman–Crippen MR) is 61.0 cm³/mol. The lowest BCUT2D eigenvalue weighted by Gasteiger charge is -2.19. The van der Waals surface area contributed by atoms with Crippen molar-refractivity contribution in [1.82, 2.24) is 0 Å². The van der Waals surface area contributed by atoms with Crippen LogP contribution in [0.3, 0.4) is 0 Å². The third kappa shape index (κ3) is 2.47. The van der Waals surface area contributed by atoms with Gasteiger partial charge in [-0.1, -0.05) is 28.9 Å². The van der Waals surface area contributed by atoms with E-state index >= 15 is 0 Å². The van der Waals surface area contributed by atoms with Crippen LogP contribution in [0.25, 0.3) is 0 Å². The highest BCUT2D eigenvalue weighted by atomic mass is 79.9. The summed E-state index contributed by atoms with van der Waals surface area (Å²) in [4.78, 5) is 0. The Kier molecular flexibility index (Phi) is 3.92. The largest absolute Gasteiger partial charge is 0.508 e. The van der Waals surface area contributed by atoms with Crippen LogP contribution in [0.4, 0.5) is 0 Å². The third-order valence-corrected chi connectivity index (χ3v) is 2.78. The van der Waals surface area contributed by atoms with E-state index in [0.29, 0.717) is 5.56 Å². The molecule has 0 saturated carbocycles. The van der Waals surface area contributed by atoms with Crippen LogP contribution in [-0.2, 0) is 0 Å². The SMILES string of the molecule is CCC(N)C(N)c1ccc(Br)cc1O. The quantitative estimate of drug-likeness (QED) is 0.776. The van der Waals surface area contributed by atoms with Crippen LogP contribution < -0.4 is 11.5 Å². The lowest BCUT2D eigenvalue weighted by atomic mass is 9.98. The van der Waals surface area contributed by atoms with Gasteiger partial charge in [0.25, 0.3) is 0 Å². The van der Waals surface area contributed by atoms with E-state index < -0.39 is 0 Å². The fourth-order valence-corrected chi connectivity index (χ4v) is 1.63. The summed E-state index contributed by atoms with van der Waals surface area (Å²) in [6.45, 7) is 1.97. The Morgan fingerprint density at radius 2 is 2.07 bits per heavy atom. The average molecular weight is 259 g/mol. The van der Waals surface area contributed by atoms with Crippen molar-refractivity contribution >= 4 is 15.9 Å². The van der Waals surface area contributed by atoms with Crippen LogP contribution >= 0.6 is 15.9 Å². The minimum absolute atomic E-state index is 0.123. The summed E-state index contributed by atoms with van der Waals surface area (Å²) >= 11 is 3.27. The van der Waals surface area contributed by atoms with Crippen LogP contribution in [0.5, 0.6) is 5.75 Å². The molecule has 0 spiro atoms. The van der Waals surface area contributed by atoms with Gasteiger partial charge >= 0.3 is 0 Å². The Hall–Kier alpha value is -0.580. The van der Waals surface area contributed by atoms with Gasteiger partial charge in [-0.2, -0.15) is 0 Å². The summed E-state index contributed by atoms with van der Waals surface area (Å²) in [5.74, 6) is 0.191. The normalized spacial score (nSPS) is 15.1. The van der Waals surface area contributed by atoms with Crippen LogP contribution in [0.15, 0.2) is 22.7 Å². The summed E-state index contributed by atoms with van der Waals surface area (Å²) in [7, 11) is 0. The predicted octanol–water partition coefficient (Wildman–Crippen LogP) is 1.89. The van der Waals surface area contributed by atoms with E-state index in [0.717, 1.165) is 10.9 Å². The summed E-state index contributed by atoms with van der Waals surface area (Å²) in [5, 5.41) is 9.64. The number of hydrogen-bond donors (Lipinski definition) is 3. The fraction of sp³-hybridized carbons (Fsp3) is 0.400. The second-order valence-electron chi connectivity index (χ2n) is 3.30. The van der Waals surface area contributed by atoms with E-state index in [1.54, 1.807) is 12.1 Å². The number of hydrogen-bond acceptors (Lipinski definition) is 3. The van der Waals surface area contributed by atoms with Gasteiger partial charge in [0, 0.05) is 22.1 Å². The summed E-state index contributed by atoms with van der Waals surface area (Å²) in [5.41, 5.74) is 12.4. The van der Waals surface area contributed by atoms with E-state index in [2.05, 4.69) is 15.9 Å². The zero-order chi connectivity index (χ0) is 10.7. The number of rotatable bonds is 3. The second kappa shape index (κ2) is 4.77. The zero-order valence-electron chi connectivity index (χ0n) is 8.07. The molecule has 2 unspecified atom stereocenters. The Morgan fingerprint density at radius 1 is 1.43 bits per heavy atom. The zero-order valence-corrected chi connectivity index (χ0v) is 9.66. The third-order valence-electron chi connectivity index (χ3n) is 2.28. The maximum atomic E-state index is 9.64. The number of halogens is 1. The van der Waals surface area contributed by atoms with Crippen molar-refractivity contribution in [2.75, 3.05) is 0 Å². The highest BCUT2D eigenvalue weighted by Crippen LogP contribution is 2.28. The van der Waals surface area contributed by atoms with E-state index in [1.807, 2.05) is 13.0 Å².